The first kappa shape index (κ1) is 21.9. The zero-order chi connectivity index (χ0) is 20.5. The van der Waals surface area contributed by atoms with Gasteiger partial charge in [0.05, 0.1) is 6.04 Å². The summed E-state index contributed by atoms with van der Waals surface area (Å²) in [6.07, 6.45) is 7.69. The van der Waals surface area contributed by atoms with Crippen LogP contribution in [0.15, 0.2) is 18.2 Å². The lowest BCUT2D eigenvalue weighted by molar-refractivity contribution is -0.123. The van der Waals surface area contributed by atoms with Gasteiger partial charge in [-0.2, -0.15) is 0 Å². The molecule has 2 N–H and O–H groups in total. The van der Waals surface area contributed by atoms with Gasteiger partial charge in [-0.05, 0) is 50.0 Å². The van der Waals surface area contributed by atoms with E-state index in [1.165, 1.54) is 32.1 Å². The predicted molar refractivity (Wildman–Crippen MR) is 113 cm³/mol. The molecule has 0 unspecified atom stereocenters. The number of carbonyl (C=O) groups excluding carboxylic acids is 1. The van der Waals surface area contributed by atoms with E-state index in [9.17, 15) is 9.90 Å². The standard InChI is InChI=1S/C23H36N2O4/c1-2-3-4-5-6-9-22(26)24-19(17-25-12-7-8-13-25)23(27)18-10-11-20-21(16-18)29-15-14-28-20/h10-11,16,19,23,27H,2-9,12-15,17H2,1H3,(H,24,26)/t19-,23-/m0/s1. The Hall–Kier alpha value is -1.79. The van der Waals surface area contributed by atoms with E-state index in [2.05, 4.69) is 17.1 Å². The molecule has 29 heavy (non-hydrogen) atoms. The summed E-state index contributed by atoms with van der Waals surface area (Å²) in [5, 5.41) is 14.2. The number of aliphatic hydroxyl groups excluding tert-OH is 1. The van der Waals surface area contributed by atoms with Gasteiger partial charge >= 0.3 is 0 Å². The molecular weight excluding hydrogens is 368 g/mol. The first-order valence-electron chi connectivity index (χ1n) is 11.3. The van der Waals surface area contributed by atoms with E-state index in [0.29, 0.717) is 37.7 Å². The number of amides is 1. The highest BCUT2D eigenvalue weighted by molar-refractivity contribution is 5.76. The van der Waals surface area contributed by atoms with E-state index < -0.39 is 6.10 Å². The number of fused-ring (bicyclic) bond motifs is 1. The molecule has 0 aromatic heterocycles. The van der Waals surface area contributed by atoms with Crippen LogP contribution in [0.1, 0.15) is 70.0 Å². The second-order valence-corrected chi connectivity index (χ2v) is 8.19. The molecule has 2 atom stereocenters. The summed E-state index contributed by atoms with van der Waals surface area (Å²) in [7, 11) is 0. The molecule has 162 valence electrons. The van der Waals surface area contributed by atoms with Crippen molar-refractivity contribution in [3.05, 3.63) is 23.8 Å². The van der Waals surface area contributed by atoms with E-state index in [0.717, 1.165) is 31.5 Å². The number of benzene rings is 1. The van der Waals surface area contributed by atoms with Crippen molar-refractivity contribution in [3.63, 3.8) is 0 Å². The maximum atomic E-state index is 12.5. The van der Waals surface area contributed by atoms with Crippen molar-refractivity contribution >= 4 is 5.91 Å². The molecule has 6 nitrogen and oxygen atoms in total. The molecule has 2 aliphatic rings. The van der Waals surface area contributed by atoms with Crippen LogP contribution in [0.5, 0.6) is 11.5 Å². The van der Waals surface area contributed by atoms with E-state index >= 15 is 0 Å². The van der Waals surface area contributed by atoms with Gasteiger partial charge in [0.2, 0.25) is 5.91 Å². The van der Waals surface area contributed by atoms with Gasteiger partial charge in [-0.15, -0.1) is 0 Å². The van der Waals surface area contributed by atoms with Gasteiger partial charge in [0, 0.05) is 13.0 Å². The van der Waals surface area contributed by atoms with E-state index in [1.807, 2.05) is 18.2 Å². The average molecular weight is 405 g/mol. The first-order chi connectivity index (χ1) is 14.2. The molecule has 6 heteroatoms. The first-order valence-corrected chi connectivity index (χ1v) is 11.3. The van der Waals surface area contributed by atoms with Crippen molar-refractivity contribution in [3.8, 4) is 11.5 Å². The topological polar surface area (TPSA) is 71.0 Å². The highest BCUT2D eigenvalue weighted by atomic mass is 16.6. The number of ether oxygens (including phenoxy) is 2. The van der Waals surface area contributed by atoms with Crippen LogP contribution in [0, 0.1) is 0 Å². The minimum atomic E-state index is -0.782. The van der Waals surface area contributed by atoms with Crippen molar-refractivity contribution in [2.45, 2.75) is 70.4 Å². The van der Waals surface area contributed by atoms with Crippen LogP contribution in [0.2, 0.25) is 0 Å². The van der Waals surface area contributed by atoms with Crippen LogP contribution in [-0.4, -0.2) is 54.8 Å². The van der Waals surface area contributed by atoms with Crippen LogP contribution in [0.3, 0.4) is 0 Å². The number of carbonyl (C=O) groups is 1. The van der Waals surface area contributed by atoms with Crippen molar-refractivity contribution in [2.75, 3.05) is 32.8 Å². The molecular formula is C23H36N2O4. The van der Waals surface area contributed by atoms with Gasteiger partial charge in [0.15, 0.2) is 11.5 Å². The molecule has 0 saturated carbocycles. The Labute approximate surface area is 174 Å². The number of nitrogens with zero attached hydrogens (tertiary/aromatic N) is 1. The smallest absolute Gasteiger partial charge is 0.220 e. The molecule has 0 spiro atoms. The number of rotatable bonds is 11. The van der Waals surface area contributed by atoms with Crippen molar-refractivity contribution < 1.29 is 19.4 Å². The number of hydrogen-bond donors (Lipinski definition) is 2. The van der Waals surface area contributed by atoms with E-state index in [4.69, 9.17) is 9.47 Å². The zero-order valence-electron chi connectivity index (χ0n) is 17.7. The lowest BCUT2D eigenvalue weighted by Gasteiger charge is -2.29. The molecule has 2 aliphatic heterocycles. The minimum absolute atomic E-state index is 0.0299. The Balaban J connectivity index is 1.61. The molecule has 1 saturated heterocycles. The Morgan fingerprint density at radius 2 is 1.83 bits per heavy atom. The van der Waals surface area contributed by atoms with Crippen LogP contribution in [0.25, 0.3) is 0 Å². The maximum absolute atomic E-state index is 12.5. The van der Waals surface area contributed by atoms with E-state index in [1.54, 1.807) is 0 Å². The zero-order valence-corrected chi connectivity index (χ0v) is 17.7. The normalized spacial score (nSPS) is 18.4. The molecule has 1 amide bonds. The van der Waals surface area contributed by atoms with Gasteiger partial charge in [-0.3, -0.25) is 4.79 Å². The van der Waals surface area contributed by atoms with Crippen LogP contribution < -0.4 is 14.8 Å². The fourth-order valence-electron chi connectivity index (χ4n) is 4.11. The predicted octanol–water partition coefficient (Wildman–Crippen LogP) is 3.43. The summed E-state index contributed by atoms with van der Waals surface area (Å²) in [5.41, 5.74) is 0.752. The van der Waals surface area contributed by atoms with Crippen molar-refractivity contribution in [1.29, 1.82) is 0 Å². The summed E-state index contributed by atoms with van der Waals surface area (Å²) in [6, 6.07) is 5.22. The second-order valence-electron chi connectivity index (χ2n) is 8.19. The molecule has 3 rings (SSSR count). The molecule has 1 fully saturated rings. The third-order valence-electron chi connectivity index (χ3n) is 5.80. The summed E-state index contributed by atoms with van der Waals surface area (Å²) in [6.45, 7) is 5.96. The fraction of sp³-hybridized carbons (Fsp3) is 0.696. The van der Waals surface area contributed by atoms with Crippen molar-refractivity contribution in [1.82, 2.24) is 10.2 Å². The molecule has 0 radical (unpaired) electrons. The molecule has 0 aliphatic carbocycles. The fourth-order valence-corrected chi connectivity index (χ4v) is 4.11. The largest absolute Gasteiger partial charge is 0.486 e. The number of aliphatic hydroxyl groups is 1. The van der Waals surface area contributed by atoms with E-state index in [-0.39, 0.29) is 11.9 Å². The van der Waals surface area contributed by atoms with Crippen LogP contribution in [-0.2, 0) is 4.79 Å². The Kier molecular flexibility index (Phi) is 8.62. The molecule has 1 aromatic carbocycles. The van der Waals surface area contributed by atoms with Crippen LogP contribution >= 0.6 is 0 Å². The third-order valence-corrected chi connectivity index (χ3v) is 5.80. The quantitative estimate of drug-likeness (QED) is 0.553. The highest BCUT2D eigenvalue weighted by Gasteiger charge is 2.27. The average Bonchev–Trinajstić information content (AvgIpc) is 3.25. The highest BCUT2D eigenvalue weighted by Crippen LogP contribution is 2.33. The molecule has 1 aromatic rings. The molecule has 0 bridgehead atoms. The number of unbranched alkanes of at least 4 members (excludes halogenated alkanes) is 4. The van der Waals surface area contributed by atoms with Gasteiger partial charge < -0.3 is 24.8 Å². The van der Waals surface area contributed by atoms with Gasteiger partial charge in [-0.1, -0.05) is 38.7 Å². The Morgan fingerprint density at radius 3 is 2.59 bits per heavy atom. The summed E-state index contributed by atoms with van der Waals surface area (Å²) < 4.78 is 11.2. The SMILES string of the molecule is CCCCCCCC(=O)N[C@@H](CN1CCCC1)[C@@H](O)c1ccc2c(c1)OCCO2. The van der Waals surface area contributed by atoms with Crippen LogP contribution in [0.4, 0.5) is 0 Å². The Morgan fingerprint density at radius 1 is 1.10 bits per heavy atom. The van der Waals surface area contributed by atoms with Gasteiger partial charge in [0.25, 0.3) is 0 Å². The Bertz CT molecular complexity index is 646. The summed E-state index contributed by atoms with van der Waals surface area (Å²) >= 11 is 0. The second kappa shape index (κ2) is 11.4. The maximum Gasteiger partial charge on any atom is 0.220 e. The van der Waals surface area contributed by atoms with Gasteiger partial charge in [-0.25, -0.2) is 0 Å². The lowest BCUT2D eigenvalue weighted by Crippen LogP contribution is -2.46. The third kappa shape index (κ3) is 6.61. The van der Waals surface area contributed by atoms with Crippen molar-refractivity contribution in [2.24, 2.45) is 0 Å². The lowest BCUT2D eigenvalue weighted by atomic mass is 10.0. The summed E-state index contributed by atoms with van der Waals surface area (Å²) in [4.78, 5) is 14.9. The minimum Gasteiger partial charge on any atom is -0.486 e. The number of likely N-dealkylation sites (tertiary alicyclic amines) is 1. The number of nitrogens with one attached hydrogen (secondary N) is 1. The number of hydrogen-bond acceptors (Lipinski definition) is 5. The summed E-state index contributed by atoms with van der Waals surface area (Å²) in [5.74, 6) is 1.40. The molecule has 2 heterocycles. The van der Waals surface area contributed by atoms with Gasteiger partial charge in [0.1, 0.15) is 19.3 Å². The monoisotopic (exact) mass is 404 g/mol.